The van der Waals surface area contributed by atoms with Crippen LogP contribution in [0.3, 0.4) is 0 Å². The number of alkyl carbamates (subject to hydrolysis) is 1. The van der Waals surface area contributed by atoms with E-state index in [4.69, 9.17) is 9.47 Å². The number of pyridine rings is 1. The van der Waals surface area contributed by atoms with E-state index >= 15 is 0 Å². The smallest absolute Gasteiger partial charge is 0.408 e. The molecular formula is C19H23FN2O5. The molecule has 0 aliphatic carbocycles. The normalized spacial score (nSPS) is 12.5. The third-order valence-corrected chi connectivity index (χ3v) is 3.79. The van der Waals surface area contributed by atoms with Gasteiger partial charge in [0, 0.05) is 23.4 Å². The molecule has 8 heteroatoms. The highest BCUT2D eigenvalue weighted by atomic mass is 19.1. The highest BCUT2D eigenvalue weighted by Crippen LogP contribution is 2.18. The van der Waals surface area contributed by atoms with E-state index in [9.17, 15) is 19.2 Å². The minimum absolute atomic E-state index is 0.0144. The number of carbonyl (C=O) groups excluding carboxylic acids is 2. The fourth-order valence-electron chi connectivity index (χ4n) is 2.59. The summed E-state index contributed by atoms with van der Waals surface area (Å²) in [6.45, 7) is 6.69. The second-order valence-electron chi connectivity index (χ2n) is 7.26. The second-order valence-corrected chi connectivity index (χ2v) is 7.26. The molecular weight excluding hydrogens is 355 g/mol. The average molecular weight is 378 g/mol. The van der Waals surface area contributed by atoms with Crippen LogP contribution in [0, 0.1) is 17.9 Å². The molecule has 1 amide bonds. The van der Waals surface area contributed by atoms with Gasteiger partial charge in [0.1, 0.15) is 17.5 Å². The first-order valence-electron chi connectivity index (χ1n) is 8.39. The molecule has 0 aliphatic rings. The van der Waals surface area contributed by atoms with Crippen molar-refractivity contribution in [3.05, 3.63) is 46.5 Å². The van der Waals surface area contributed by atoms with Crippen LogP contribution >= 0.6 is 0 Å². The molecule has 2 aromatic rings. The number of aryl methyl sites for hydroxylation is 1. The van der Waals surface area contributed by atoms with Crippen molar-refractivity contribution < 1.29 is 28.2 Å². The molecule has 27 heavy (non-hydrogen) atoms. The summed E-state index contributed by atoms with van der Waals surface area (Å²) >= 11 is 0. The molecule has 146 valence electrons. The Morgan fingerprint density at radius 1 is 1.30 bits per heavy atom. The summed E-state index contributed by atoms with van der Waals surface area (Å²) in [4.78, 5) is 24.0. The summed E-state index contributed by atoms with van der Waals surface area (Å²) in [5, 5.41) is 15.2. The summed E-state index contributed by atoms with van der Waals surface area (Å²) in [6.07, 6.45) is 0.483. The Kier molecular flexibility index (Phi) is 5.88. The number of carbonyl (C=O) groups is 2. The Labute approximate surface area is 156 Å². The van der Waals surface area contributed by atoms with Gasteiger partial charge in [0.15, 0.2) is 6.20 Å². The van der Waals surface area contributed by atoms with Crippen molar-refractivity contribution >= 4 is 23.0 Å². The van der Waals surface area contributed by atoms with Gasteiger partial charge in [-0.2, -0.15) is 4.73 Å². The number of esters is 1. The molecule has 0 saturated carbocycles. The molecule has 1 atom stereocenters. The number of methoxy groups -OCH3 is 1. The van der Waals surface area contributed by atoms with Crippen LogP contribution in [0.25, 0.3) is 10.9 Å². The first-order valence-corrected chi connectivity index (χ1v) is 8.39. The zero-order valence-corrected chi connectivity index (χ0v) is 16.0. The summed E-state index contributed by atoms with van der Waals surface area (Å²) in [5.74, 6) is -1.15. The van der Waals surface area contributed by atoms with Crippen LogP contribution in [-0.2, 0) is 20.7 Å². The van der Waals surface area contributed by atoms with Crippen LogP contribution in [0.15, 0.2) is 24.4 Å². The maximum absolute atomic E-state index is 13.7. The van der Waals surface area contributed by atoms with E-state index in [1.165, 1.54) is 13.3 Å². The third kappa shape index (κ3) is 5.29. The van der Waals surface area contributed by atoms with E-state index in [1.807, 2.05) is 0 Å². The fraction of sp³-hybridized carbons (Fsp3) is 0.421. The number of fused-ring (bicyclic) bond motifs is 1. The lowest BCUT2D eigenvalue weighted by Crippen LogP contribution is -2.45. The minimum Gasteiger partial charge on any atom is -0.618 e. The molecule has 1 aromatic carbocycles. The summed E-state index contributed by atoms with van der Waals surface area (Å²) in [7, 11) is 1.20. The lowest BCUT2D eigenvalue weighted by atomic mass is 10.0. The number of hydrogen-bond acceptors (Lipinski definition) is 5. The van der Waals surface area contributed by atoms with E-state index in [0.29, 0.717) is 21.2 Å². The van der Waals surface area contributed by atoms with E-state index in [1.54, 1.807) is 39.8 Å². The Morgan fingerprint density at radius 3 is 2.56 bits per heavy atom. The van der Waals surface area contributed by atoms with Gasteiger partial charge < -0.3 is 20.0 Å². The van der Waals surface area contributed by atoms with Gasteiger partial charge in [0.05, 0.1) is 7.11 Å². The SMILES string of the molecule is COC(=O)[C@H](Cc1cc2cc(C)c(F)cc2[n+]([O-])c1)NC(=O)OC(C)(C)C. The number of ether oxygens (including phenoxy) is 2. The van der Waals surface area contributed by atoms with E-state index in [2.05, 4.69) is 5.32 Å². The maximum Gasteiger partial charge on any atom is 0.408 e. The molecule has 0 fully saturated rings. The van der Waals surface area contributed by atoms with Crippen LogP contribution < -0.4 is 10.0 Å². The highest BCUT2D eigenvalue weighted by molar-refractivity contribution is 5.82. The number of amides is 1. The summed E-state index contributed by atoms with van der Waals surface area (Å²) in [6, 6.07) is 3.35. The molecule has 0 saturated heterocycles. The van der Waals surface area contributed by atoms with Crippen molar-refractivity contribution in [3.8, 4) is 0 Å². The van der Waals surface area contributed by atoms with Crippen molar-refractivity contribution in [2.45, 2.75) is 45.8 Å². The largest absolute Gasteiger partial charge is 0.618 e. The first-order chi connectivity index (χ1) is 12.5. The molecule has 1 N–H and O–H groups in total. The predicted molar refractivity (Wildman–Crippen MR) is 96.5 cm³/mol. The third-order valence-electron chi connectivity index (χ3n) is 3.79. The Hall–Kier alpha value is -2.90. The second kappa shape index (κ2) is 7.77. The van der Waals surface area contributed by atoms with E-state index < -0.39 is 29.5 Å². The predicted octanol–water partition coefficient (Wildman–Crippen LogP) is 2.53. The Bertz CT molecular complexity index is 877. The minimum atomic E-state index is -1.04. The number of rotatable bonds is 4. The quantitative estimate of drug-likeness (QED) is 0.501. The van der Waals surface area contributed by atoms with Gasteiger partial charge in [-0.25, -0.2) is 14.0 Å². The molecule has 0 unspecified atom stereocenters. The van der Waals surface area contributed by atoms with Crippen molar-refractivity contribution in [2.24, 2.45) is 0 Å². The van der Waals surface area contributed by atoms with Crippen molar-refractivity contribution in [3.63, 3.8) is 0 Å². The van der Waals surface area contributed by atoms with Gasteiger partial charge in [-0.05, 0) is 45.4 Å². The van der Waals surface area contributed by atoms with E-state index in [-0.39, 0.29) is 11.9 Å². The van der Waals surface area contributed by atoms with Crippen LogP contribution in [0.2, 0.25) is 0 Å². The maximum atomic E-state index is 13.7. The molecule has 0 spiro atoms. The van der Waals surface area contributed by atoms with Gasteiger partial charge >= 0.3 is 12.1 Å². The summed E-state index contributed by atoms with van der Waals surface area (Å²) in [5.41, 5.74) is 0.329. The van der Waals surface area contributed by atoms with Gasteiger partial charge in [-0.15, -0.1) is 0 Å². The van der Waals surface area contributed by atoms with Gasteiger partial charge in [-0.1, -0.05) is 0 Å². The van der Waals surface area contributed by atoms with Crippen molar-refractivity contribution in [1.29, 1.82) is 0 Å². The molecule has 2 rings (SSSR count). The fourth-order valence-corrected chi connectivity index (χ4v) is 2.59. The van der Waals surface area contributed by atoms with Gasteiger partial charge in [-0.3, -0.25) is 0 Å². The van der Waals surface area contributed by atoms with Crippen LogP contribution in [0.1, 0.15) is 31.9 Å². The Morgan fingerprint density at radius 2 is 1.96 bits per heavy atom. The van der Waals surface area contributed by atoms with Crippen molar-refractivity contribution in [2.75, 3.05) is 7.11 Å². The number of halogens is 1. The monoisotopic (exact) mass is 378 g/mol. The lowest BCUT2D eigenvalue weighted by molar-refractivity contribution is -0.577. The molecule has 1 heterocycles. The standard InChI is InChI=1S/C19H23FN2O5/c1-11-6-13-7-12(10-22(25)16(13)9-14(11)20)8-15(17(23)26-5)21-18(24)27-19(2,3)4/h6-7,9-10,15H,8H2,1-5H3,(H,21,24)/t15-/m0/s1. The number of benzene rings is 1. The molecule has 0 bridgehead atoms. The number of nitrogens with zero attached hydrogens (tertiary/aromatic N) is 1. The van der Waals surface area contributed by atoms with Gasteiger partial charge in [0.25, 0.3) is 0 Å². The Balaban J connectivity index is 2.30. The molecule has 0 aliphatic heterocycles. The van der Waals surface area contributed by atoms with Crippen LogP contribution in [-0.4, -0.2) is 30.8 Å². The van der Waals surface area contributed by atoms with Crippen LogP contribution in [0.5, 0.6) is 0 Å². The first kappa shape index (κ1) is 20.4. The average Bonchev–Trinajstić information content (AvgIpc) is 2.53. The zero-order chi connectivity index (χ0) is 20.4. The number of aromatic nitrogens is 1. The number of hydrogen-bond donors (Lipinski definition) is 1. The number of nitrogens with one attached hydrogen (secondary N) is 1. The van der Waals surface area contributed by atoms with E-state index in [0.717, 1.165) is 6.07 Å². The molecule has 0 radical (unpaired) electrons. The topological polar surface area (TPSA) is 91.6 Å². The molecule has 7 nitrogen and oxygen atoms in total. The van der Waals surface area contributed by atoms with Crippen molar-refractivity contribution in [1.82, 2.24) is 5.32 Å². The zero-order valence-electron chi connectivity index (χ0n) is 16.0. The van der Waals surface area contributed by atoms with Gasteiger partial charge in [0.2, 0.25) is 5.52 Å². The highest BCUT2D eigenvalue weighted by Gasteiger charge is 2.26. The van der Waals surface area contributed by atoms with Crippen LogP contribution in [0.4, 0.5) is 9.18 Å². The summed E-state index contributed by atoms with van der Waals surface area (Å²) < 4.78 is 24.1. The lowest BCUT2D eigenvalue weighted by Gasteiger charge is -2.22. The molecule has 1 aromatic heterocycles.